The molecule has 6 heteroatoms. The van der Waals surface area contributed by atoms with Gasteiger partial charge in [0.05, 0.1) is 13.2 Å². The molecule has 0 saturated carbocycles. The molecule has 160 valence electrons. The molecule has 0 radical (unpaired) electrons. The van der Waals surface area contributed by atoms with E-state index >= 15 is 0 Å². The largest absolute Gasteiger partial charge is 0.466 e. The number of aromatic nitrogens is 2. The molecule has 0 aliphatic carbocycles. The number of hydrogen-bond acceptors (Lipinski definition) is 5. The summed E-state index contributed by atoms with van der Waals surface area (Å²) in [4.78, 5) is 27.0. The van der Waals surface area contributed by atoms with Gasteiger partial charge in [0.2, 0.25) is 0 Å². The van der Waals surface area contributed by atoms with E-state index in [1.165, 1.54) is 68.5 Å². The fourth-order valence-corrected chi connectivity index (χ4v) is 3.00. The number of hydrogen-bond donors (Lipinski definition) is 0. The van der Waals surface area contributed by atoms with E-state index in [1.807, 2.05) is 0 Å². The zero-order valence-electron chi connectivity index (χ0n) is 17.6. The van der Waals surface area contributed by atoms with Crippen LogP contribution in [0.15, 0.2) is 18.7 Å². The first-order valence-electron chi connectivity index (χ1n) is 11.0. The van der Waals surface area contributed by atoms with E-state index < -0.39 is 6.09 Å². The van der Waals surface area contributed by atoms with Crippen LogP contribution in [0.2, 0.25) is 0 Å². The molecule has 0 bridgehead atoms. The van der Waals surface area contributed by atoms with E-state index in [-0.39, 0.29) is 5.97 Å². The van der Waals surface area contributed by atoms with Crippen molar-refractivity contribution in [3.63, 3.8) is 0 Å². The average molecular weight is 395 g/mol. The summed E-state index contributed by atoms with van der Waals surface area (Å²) in [6.45, 7) is 3.14. The number of ether oxygens (including phenoxy) is 2. The lowest BCUT2D eigenvalue weighted by atomic mass is 10.1. The van der Waals surface area contributed by atoms with Gasteiger partial charge in [-0.15, -0.1) is 0 Å². The summed E-state index contributed by atoms with van der Waals surface area (Å²) in [5, 5.41) is 0. The van der Waals surface area contributed by atoms with E-state index in [0.717, 1.165) is 32.1 Å². The number of carbonyl (C=O) groups excluding carboxylic acids is 2. The Bertz CT molecular complexity index is 503. The second-order valence-electron chi connectivity index (χ2n) is 7.30. The highest BCUT2D eigenvalue weighted by molar-refractivity contribution is 5.70. The van der Waals surface area contributed by atoms with Crippen LogP contribution in [0.3, 0.4) is 0 Å². The van der Waals surface area contributed by atoms with Crippen molar-refractivity contribution in [2.45, 2.75) is 96.8 Å². The van der Waals surface area contributed by atoms with Crippen molar-refractivity contribution in [1.29, 1.82) is 0 Å². The van der Waals surface area contributed by atoms with Crippen molar-refractivity contribution < 1.29 is 19.1 Å². The van der Waals surface area contributed by atoms with Gasteiger partial charge in [0.25, 0.3) is 0 Å². The third-order valence-corrected chi connectivity index (χ3v) is 4.73. The molecule has 1 heterocycles. The van der Waals surface area contributed by atoms with Gasteiger partial charge < -0.3 is 9.47 Å². The number of carbonyl (C=O) groups is 2. The summed E-state index contributed by atoms with van der Waals surface area (Å²) in [6, 6.07) is 0. The van der Waals surface area contributed by atoms with Crippen LogP contribution >= 0.6 is 0 Å². The molecule has 0 aromatic carbocycles. The fourth-order valence-electron chi connectivity index (χ4n) is 3.00. The lowest BCUT2D eigenvalue weighted by Crippen LogP contribution is -2.12. The van der Waals surface area contributed by atoms with Gasteiger partial charge in [-0.3, -0.25) is 4.79 Å². The van der Waals surface area contributed by atoms with Gasteiger partial charge in [-0.1, -0.05) is 64.7 Å². The second kappa shape index (κ2) is 17.3. The number of rotatable bonds is 17. The molecule has 6 nitrogen and oxygen atoms in total. The van der Waals surface area contributed by atoms with Gasteiger partial charge in [0.15, 0.2) is 0 Å². The van der Waals surface area contributed by atoms with E-state index in [1.54, 1.807) is 6.20 Å². The first-order chi connectivity index (χ1) is 13.7. The standard InChI is InChI=1S/C22H38N2O4/c1-2-3-4-5-6-7-8-9-10-13-18-27-21(25)15-12-11-14-19-28-22(26)24-17-16-23-20-24/h16-17,20H,2-15,18-19H2,1H3. The Hall–Kier alpha value is -1.85. The zero-order chi connectivity index (χ0) is 20.3. The molecule has 1 aromatic rings. The van der Waals surface area contributed by atoms with Crippen molar-refractivity contribution >= 4 is 12.1 Å². The Labute approximate surface area is 170 Å². The summed E-state index contributed by atoms with van der Waals surface area (Å²) in [5.41, 5.74) is 0. The average Bonchev–Trinajstić information content (AvgIpc) is 3.23. The quantitative estimate of drug-likeness (QED) is 0.243. The number of imidazole rings is 1. The van der Waals surface area contributed by atoms with Gasteiger partial charge in [-0.05, 0) is 25.7 Å². The van der Waals surface area contributed by atoms with E-state index in [4.69, 9.17) is 9.47 Å². The van der Waals surface area contributed by atoms with Gasteiger partial charge in [-0.2, -0.15) is 0 Å². The summed E-state index contributed by atoms with van der Waals surface area (Å²) < 4.78 is 11.7. The maximum Gasteiger partial charge on any atom is 0.419 e. The molecule has 0 N–H and O–H groups in total. The van der Waals surface area contributed by atoms with Crippen LogP contribution in [-0.4, -0.2) is 34.8 Å². The second-order valence-corrected chi connectivity index (χ2v) is 7.30. The Morgan fingerprint density at radius 1 is 0.786 bits per heavy atom. The lowest BCUT2D eigenvalue weighted by molar-refractivity contribution is -0.143. The molecule has 28 heavy (non-hydrogen) atoms. The molecule has 0 saturated heterocycles. The first kappa shape index (κ1) is 24.2. The van der Waals surface area contributed by atoms with Gasteiger partial charge >= 0.3 is 12.1 Å². The first-order valence-corrected chi connectivity index (χ1v) is 11.0. The zero-order valence-corrected chi connectivity index (χ0v) is 17.6. The Balaban J connectivity index is 1.80. The summed E-state index contributed by atoms with van der Waals surface area (Å²) in [6.07, 6.45) is 19.6. The molecule has 0 spiro atoms. The van der Waals surface area contributed by atoms with Gasteiger partial charge in [0.1, 0.15) is 6.33 Å². The molecule has 0 fully saturated rings. The maximum atomic E-state index is 11.7. The van der Waals surface area contributed by atoms with Crippen LogP contribution in [0, 0.1) is 0 Å². The lowest BCUT2D eigenvalue weighted by Gasteiger charge is -2.06. The minimum Gasteiger partial charge on any atom is -0.466 e. The van der Waals surface area contributed by atoms with Crippen LogP contribution < -0.4 is 0 Å². The Morgan fingerprint density at radius 2 is 1.36 bits per heavy atom. The molecule has 0 atom stereocenters. The van der Waals surface area contributed by atoms with Crippen molar-refractivity contribution in [2.24, 2.45) is 0 Å². The molecule has 0 unspecified atom stereocenters. The normalized spacial score (nSPS) is 10.8. The van der Waals surface area contributed by atoms with Crippen LogP contribution in [0.1, 0.15) is 96.8 Å². The van der Waals surface area contributed by atoms with Gasteiger partial charge in [-0.25, -0.2) is 14.3 Å². The summed E-state index contributed by atoms with van der Waals surface area (Å²) in [7, 11) is 0. The summed E-state index contributed by atoms with van der Waals surface area (Å²) in [5.74, 6) is -0.119. The van der Waals surface area contributed by atoms with Crippen molar-refractivity contribution in [2.75, 3.05) is 13.2 Å². The highest BCUT2D eigenvalue weighted by Gasteiger charge is 2.05. The van der Waals surface area contributed by atoms with E-state index in [0.29, 0.717) is 19.6 Å². The third kappa shape index (κ3) is 13.3. The van der Waals surface area contributed by atoms with Crippen LogP contribution in [0.5, 0.6) is 0 Å². The predicted octanol–water partition coefficient (Wildman–Crippen LogP) is 5.89. The molecule has 1 rings (SSSR count). The molecular formula is C22H38N2O4. The predicted molar refractivity (Wildman–Crippen MR) is 110 cm³/mol. The van der Waals surface area contributed by atoms with Gasteiger partial charge in [0, 0.05) is 18.8 Å². The Kier molecular flexibility index (Phi) is 14.9. The maximum absolute atomic E-state index is 11.7. The highest BCUT2D eigenvalue weighted by atomic mass is 16.5. The monoisotopic (exact) mass is 394 g/mol. The Morgan fingerprint density at radius 3 is 1.96 bits per heavy atom. The van der Waals surface area contributed by atoms with Crippen molar-refractivity contribution in [3.8, 4) is 0 Å². The minimum atomic E-state index is -0.423. The highest BCUT2D eigenvalue weighted by Crippen LogP contribution is 2.10. The smallest absolute Gasteiger partial charge is 0.419 e. The van der Waals surface area contributed by atoms with E-state index in [2.05, 4.69) is 11.9 Å². The van der Waals surface area contributed by atoms with Crippen LogP contribution in [0.4, 0.5) is 4.79 Å². The van der Waals surface area contributed by atoms with Crippen molar-refractivity contribution in [3.05, 3.63) is 18.7 Å². The topological polar surface area (TPSA) is 70.4 Å². The SMILES string of the molecule is CCCCCCCCCCCCOC(=O)CCCCCOC(=O)n1ccnc1. The van der Waals surface area contributed by atoms with E-state index in [9.17, 15) is 9.59 Å². The molecule has 0 aliphatic rings. The molecular weight excluding hydrogens is 356 g/mol. The fraction of sp³-hybridized carbons (Fsp3) is 0.773. The third-order valence-electron chi connectivity index (χ3n) is 4.73. The van der Waals surface area contributed by atoms with Crippen LogP contribution in [0.25, 0.3) is 0 Å². The summed E-state index contributed by atoms with van der Waals surface area (Å²) >= 11 is 0. The number of unbranched alkanes of at least 4 members (excludes halogenated alkanes) is 11. The molecule has 1 aromatic heterocycles. The number of esters is 1. The molecule has 0 aliphatic heterocycles. The minimum absolute atomic E-state index is 0.119. The molecule has 0 amide bonds. The number of nitrogens with zero attached hydrogens (tertiary/aromatic N) is 2. The van der Waals surface area contributed by atoms with Crippen molar-refractivity contribution in [1.82, 2.24) is 9.55 Å². The van der Waals surface area contributed by atoms with Crippen LogP contribution in [-0.2, 0) is 14.3 Å².